The van der Waals surface area contributed by atoms with Gasteiger partial charge in [0.2, 0.25) is 5.91 Å². The van der Waals surface area contributed by atoms with Gasteiger partial charge in [0.05, 0.1) is 13.2 Å². The maximum Gasteiger partial charge on any atom is 0.226 e. The minimum atomic E-state index is 0.0126. The van der Waals surface area contributed by atoms with Gasteiger partial charge in [-0.3, -0.25) is 9.78 Å². The van der Waals surface area contributed by atoms with Crippen molar-refractivity contribution in [2.45, 2.75) is 23.8 Å². The Balaban J connectivity index is 1.41. The van der Waals surface area contributed by atoms with Crippen molar-refractivity contribution in [1.29, 1.82) is 0 Å². The quantitative estimate of drug-likeness (QED) is 0.746. The standard InChI is InChI=1S/C19H23N3O2S/c23-19(13-17-14-24-11-10-21-17)22-16-4-6-18(7-5-16)25-12-8-15-3-1-2-9-20-15/h1-7,9,17,21H,8,10-14H2,(H,22,23). The van der Waals surface area contributed by atoms with Crippen molar-refractivity contribution in [3.63, 3.8) is 0 Å². The zero-order valence-corrected chi connectivity index (χ0v) is 14.9. The molecular weight excluding hydrogens is 334 g/mol. The zero-order chi connectivity index (χ0) is 17.3. The second-order valence-electron chi connectivity index (χ2n) is 5.92. The zero-order valence-electron chi connectivity index (χ0n) is 14.1. The van der Waals surface area contributed by atoms with E-state index in [-0.39, 0.29) is 11.9 Å². The van der Waals surface area contributed by atoms with Crippen molar-refractivity contribution < 1.29 is 9.53 Å². The van der Waals surface area contributed by atoms with Crippen LogP contribution >= 0.6 is 11.8 Å². The molecule has 1 aliphatic heterocycles. The van der Waals surface area contributed by atoms with Crippen LogP contribution in [0.2, 0.25) is 0 Å². The summed E-state index contributed by atoms with van der Waals surface area (Å²) in [5, 5.41) is 6.23. The topological polar surface area (TPSA) is 63.2 Å². The molecule has 25 heavy (non-hydrogen) atoms. The molecule has 1 amide bonds. The second kappa shape index (κ2) is 9.56. The molecule has 0 bridgehead atoms. The number of pyridine rings is 1. The molecule has 132 valence electrons. The molecule has 1 aromatic heterocycles. The number of carbonyl (C=O) groups is 1. The molecule has 2 aromatic rings. The number of benzene rings is 1. The number of hydrogen-bond acceptors (Lipinski definition) is 5. The lowest BCUT2D eigenvalue weighted by Gasteiger charge is -2.23. The fourth-order valence-corrected chi connectivity index (χ4v) is 3.52. The number of hydrogen-bond donors (Lipinski definition) is 2. The third-order valence-electron chi connectivity index (χ3n) is 3.92. The third-order valence-corrected chi connectivity index (χ3v) is 4.94. The summed E-state index contributed by atoms with van der Waals surface area (Å²) in [5.74, 6) is 0.995. The summed E-state index contributed by atoms with van der Waals surface area (Å²) in [4.78, 5) is 17.6. The molecular formula is C19H23N3O2S. The van der Waals surface area contributed by atoms with Crippen LogP contribution in [0.15, 0.2) is 53.6 Å². The van der Waals surface area contributed by atoms with Crippen molar-refractivity contribution >= 4 is 23.4 Å². The summed E-state index contributed by atoms with van der Waals surface area (Å²) in [7, 11) is 0. The number of amides is 1. The Kier molecular flexibility index (Phi) is 6.85. The van der Waals surface area contributed by atoms with Gasteiger partial charge < -0.3 is 15.4 Å². The average molecular weight is 357 g/mol. The largest absolute Gasteiger partial charge is 0.378 e. The Hall–Kier alpha value is -1.89. The minimum absolute atomic E-state index is 0.0126. The molecule has 1 atom stereocenters. The first-order chi connectivity index (χ1) is 12.3. The van der Waals surface area contributed by atoms with E-state index >= 15 is 0 Å². The van der Waals surface area contributed by atoms with Gasteiger partial charge in [-0.05, 0) is 42.8 Å². The Bertz CT molecular complexity index is 658. The number of anilines is 1. The van der Waals surface area contributed by atoms with E-state index in [0.29, 0.717) is 13.0 Å². The van der Waals surface area contributed by atoms with Crippen LogP contribution < -0.4 is 10.6 Å². The van der Waals surface area contributed by atoms with Crippen LogP contribution in [0.4, 0.5) is 5.69 Å². The molecule has 0 aliphatic carbocycles. The lowest BCUT2D eigenvalue weighted by Crippen LogP contribution is -2.43. The monoisotopic (exact) mass is 357 g/mol. The number of nitrogens with zero attached hydrogens (tertiary/aromatic N) is 1. The second-order valence-corrected chi connectivity index (χ2v) is 7.09. The van der Waals surface area contributed by atoms with Crippen LogP contribution in [0.1, 0.15) is 12.1 Å². The molecule has 0 spiro atoms. The maximum atomic E-state index is 12.1. The number of nitrogens with one attached hydrogen (secondary N) is 2. The van der Waals surface area contributed by atoms with Crippen molar-refractivity contribution in [3.8, 4) is 0 Å². The Morgan fingerprint density at radius 2 is 2.16 bits per heavy atom. The first-order valence-electron chi connectivity index (χ1n) is 8.53. The smallest absolute Gasteiger partial charge is 0.226 e. The van der Waals surface area contributed by atoms with E-state index in [9.17, 15) is 4.79 Å². The van der Waals surface area contributed by atoms with Crippen LogP contribution in [0.5, 0.6) is 0 Å². The number of aromatic nitrogens is 1. The maximum absolute atomic E-state index is 12.1. The van der Waals surface area contributed by atoms with E-state index in [0.717, 1.165) is 36.7 Å². The summed E-state index contributed by atoms with van der Waals surface area (Å²) in [6.07, 6.45) is 3.20. The van der Waals surface area contributed by atoms with E-state index in [1.54, 1.807) is 11.8 Å². The van der Waals surface area contributed by atoms with Gasteiger partial charge in [0.15, 0.2) is 0 Å². The SMILES string of the molecule is O=C(CC1COCCN1)Nc1ccc(SCCc2ccccn2)cc1. The first-order valence-corrected chi connectivity index (χ1v) is 9.52. The normalized spacial score (nSPS) is 17.2. The Morgan fingerprint density at radius 1 is 1.28 bits per heavy atom. The van der Waals surface area contributed by atoms with Crippen molar-refractivity contribution in [2.75, 3.05) is 30.8 Å². The van der Waals surface area contributed by atoms with Gasteiger partial charge in [0.1, 0.15) is 0 Å². The summed E-state index contributed by atoms with van der Waals surface area (Å²) < 4.78 is 5.37. The first kappa shape index (κ1) is 17.9. The molecule has 1 saturated heterocycles. The highest BCUT2D eigenvalue weighted by Crippen LogP contribution is 2.21. The van der Waals surface area contributed by atoms with Gasteiger partial charge in [-0.25, -0.2) is 0 Å². The van der Waals surface area contributed by atoms with Crippen LogP contribution in [0, 0.1) is 0 Å². The van der Waals surface area contributed by atoms with Crippen LogP contribution in [0.25, 0.3) is 0 Å². The highest BCUT2D eigenvalue weighted by molar-refractivity contribution is 7.99. The molecule has 1 unspecified atom stereocenters. The van der Waals surface area contributed by atoms with Crippen molar-refractivity contribution in [3.05, 3.63) is 54.4 Å². The summed E-state index contributed by atoms with van der Waals surface area (Å²) in [6, 6.07) is 14.1. The lowest BCUT2D eigenvalue weighted by molar-refractivity contribution is -0.117. The van der Waals surface area contributed by atoms with Crippen LogP contribution in [0.3, 0.4) is 0 Å². The Morgan fingerprint density at radius 3 is 2.88 bits per heavy atom. The van der Waals surface area contributed by atoms with E-state index in [4.69, 9.17) is 4.74 Å². The van der Waals surface area contributed by atoms with Gasteiger partial charge in [0, 0.05) is 47.2 Å². The van der Waals surface area contributed by atoms with Crippen molar-refractivity contribution in [1.82, 2.24) is 10.3 Å². The molecule has 1 aliphatic rings. The molecule has 6 heteroatoms. The number of morpholine rings is 1. The van der Waals surface area contributed by atoms with Crippen LogP contribution in [-0.2, 0) is 16.0 Å². The fraction of sp³-hybridized carbons (Fsp3) is 0.368. The number of thioether (sulfide) groups is 1. The van der Waals surface area contributed by atoms with E-state index < -0.39 is 0 Å². The number of ether oxygens (including phenoxy) is 1. The van der Waals surface area contributed by atoms with Gasteiger partial charge >= 0.3 is 0 Å². The number of rotatable bonds is 7. The number of aryl methyl sites for hydroxylation is 1. The molecule has 3 rings (SSSR count). The Labute approximate surface area is 152 Å². The highest BCUT2D eigenvalue weighted by atomic mass is 32.2. The summed E-state index contributed by atoms with van der Waals surface area (Å²) >= 11 is 1.79. The molecule has 2 heterocycles. The van der Waals surface area contributed by atoms with E-state index in [1.807, 2.05) is 48.7 Å². The predicted molar refractivity (Wildman–Crippen MR) is 101 cm³/mol. The highest BCUT2D eigenvalue weighted by Gasteiger charge is 2.16. The molecule has 1 aromatic carbocycles. The minimum Gasteiger partial charge on any atom is -0.378 e. The fourth-order valence-electron chi connectivity index (χ4n) is 2.64. The molecule has 0 saturated carbocycles. The van der Waals surface area contributed by atoms with Gasteiger partial charge in [-0.2, -0.15) is 0 Å². The molecule has 1 fully saturated rings. The van der Waals surface area contributed by atoms with Gasteiger partial charge in [0.25, 0.3) is 0 Å². The molecule has 5 nitrogen and oxygen atoms in total. The average Bonchev–Trinajstić information content (AvgIpc) is 2.65. The summed E-state index contributed by atoms with van der Waals surface area (Å²) in [5.41, 5.74) is 1.94. The van der Waals surface area contributed by atoms with Gasteiger partial charge in [-0.15, -0.1) is 11.8 Å². The molecule has 2 N–H and O–H groups in total. The van der Waals surface area contributed by atoms with Crippen molar-refractivity contribution in [2.24, 2.45) is 0 Å². The third kappa shape index (κ3) is 6.16. The lowest BCUT2D eigenvalue weighted by atomic mass is 10.2. The summed E-state index contributed by atoms with van der Waals surface area (Å²) in [6.45, 7) is 2.12. The van der Waals surface area contributed by atoms with Gasteiger partial charge in [-0.1, -0.05) is 6.07 Å². The predicted octanol–water partition coefficient (Wildman–Crippen LogP) is 2.73. The number of carbonyl (C=O) groups excluding carboxylic acids is 1. The molecule has 0 radical (unpaired) electrons. The van der Waals surface area contributed by atoms with E-state index in [1.165, 1.54) is 4.90 Å². The van der Waals surface area contributed by atoms with Crippen LogP contribution in [-0.4, -0.2) is 42.4 Å². The van der Waals surface area contributed by atoms with E-state index in [2.05, 4.69) is 15.6 Å².